The molecule has 0 atom stereocenters. The molecule has 0 N–H and O–H groups in total. The Morgan fingerprint density at radius 2 is 1.68 bits per heavy atom. The summed E-state index contributed by atoms with van der Waals surface area (Å²) >= 11 is 0. The smallest absolute Gasteiger partial charge is 0.241 e. The van der Waals surface area contributed by atoms with Crippen molar-refractivity contribution in [1.29, 1.82) is 0 Å². The SMILES string of the molecule is CCCOC1([C@H]2CC[C@H](C(F)F)CC2)C=CC(c2ccccc2)C=C1. The first-order chi connectivity index (χ1) is 12.1. The highest BCUT2D eigenvalue weighted by molar-refractivity contribution is 5.36. The molecule has 25 heavy (non-hydrogen) atoms. The summed E-state index contributed by atoms with van der Waals surface area (Å²) in [4.78, 5) is 0. The van der Waals surface area contributed by atoms with Crippen LogP contribution in [0.5, 0.6) is 0 Å². The summed E-state index contributed by atoms with van der Waals surface area (Å²) in [6, 6.07) is 10.4. The van der Waals surface area contributed by atoms with Gasteiger partial charge in [0.05, 0.1) is 0 Å². The van der Waals surface area contributed by atoms with E-state index in [2.05, 4.69) is 55.5 Å². The number of halogens is 2. The summed E-state index contributed by atoms with van der Waals surface area (Å²) in [6.45, 7) is 2.80. The molecule has 0 heterocycles. The second-order valence-corrected chi connectivity index (χ2v) is 7.30. The van der Waals surface area contributed by atoms with Crippen molar-refractivity contribution < 1.29 is 13.5 Å². The van der Waals surface area contributed by atoms with Gasteiger partial charge in [-0.1, -0.05) is 61.6 Å². The second-order valence-electron chi connectivity index (χ2n) is 7.30. The van der Waals surface area contributed by atoms with Gasteiger partial charge in [0, 0.05) is 18.4 Å². The molecule has 3 rings (SSSR count). The van der Waals surface area contributed by atoms with Crippen molar-refractivity contribution in [1.82, 2.24) is 0 Å². The molecule has 0 unspecified atom stereocenters. The molecule has 0 radical (unpaired) electrons. The lowest BCUT2D eigenvalue weighted by Crippen LogP contribution is -2.41. The zero-order valence-electron chi connectivity index (χ0n) is 14.9. The van der Waals surface area contributed by atoms with Gasteiger partial charge in [-0.2, -0.15) is 0 Å². The Kier molecular flexibility index (Phi) is 6.06. The Morgan fingerprint density at radius 3 is 2.24 bits per heavy atom. The standard InChI is InChI=1S/C22H28F2O/c1-2-16-25-22(20-10-8-19(9-11-20)21(23)24)14-12-18(13-15-22)17-6-4-3-5-7-17/h3-7,12-15,18-21H,2,8-11,16H2,1H3/t18?,19-,20-,22?. The molecule has 1 saturated carbocycles. The summed E-state index contributed by atoms with van der Waals surface area (Å²) in [5, 5.41) is 0. The molecule has 0 bridgehead atoms. The number of hydrogen-bond donors (Lipinski definition) is 0. The van der Waals surface area contributed by atoms with E-state index in [1.807, 2.05) is 6.07 Å². The van der Waals surface area contributed by atoms with Crippen LogP contribution in [0, 0.1) is 11.8 Å². The topological polar surface area (TPSA) is 9.23 Å². The van der Waals surface area contributed by atoms with Gasteiger partial charge in [0.25, 0.3) is 0 Å². The molecule has 0 amide bonds. The molecule has 1 nitrogen and oxygen atoms in total. The number of hydrogen-bond acceptors (Lipinski definition) is 1. The van der Waals surface area contributed by atoms with E-state index in [1.54, 1.807) is 0 Å². The van der Waals surface area contributed by atoms with Crippen molar-refractivity contribution in [2.24, 2.45) is 11.8 Å². The van der Waals surface area contributed by atoms with E-state index in [0.29, 0.717) is 25.4 Å². The van der Waals surface area contributed by atoms with Crippen LogP contribution < -0.4 is 0 Å². The van der Waals surface area contributed by atoms with E-state index in [4.69, 9.17) is 4.74 Å². The Balaban J connectivity index is 1.74. The number of ether oxygens (including phenoxy) is 1. The van der Waals surface area contributed by atoms with Crippen LogP contribution in [0.2, 0.25) is 0 Å². The van der Waals surface area contributed by atoms with Gasteiger partial charge in [-0.3, -0.25) is 0 Å². The van der Waals surface area contributed by atoms with Crippen LogP contribution in [0.4, 0.5) is 8.78 Å². The summed E-state index contributed by atoms with van der Waals surface area (Å²) < 4.78 is 32.2. The van der Waals surface area contributed by atoms with Crippen LogP contribution in [0.25, 0.3) is 0 Å². The van der Waals surface area contributed by atoms with Gasteiger partial charge in [-0.25, -0.2) is 8.78 Å². The number of rotatable bonds is 6. The van der Waals surface area contributed by atoms with Gasteiger partial charge in [-0.15, -0.1) is 0 Å². The van der Waals surface area contributed by atoms with Gasteiger partial charge in [-0.05, 0) is 43.6 Å². The predicted molar refractivity (Wildman–Crippen MR) is 97.9 cm³/mol. The van der Waals surface area contributed by atoms with Crippen LogP contribution in [-0.2, 0) is 4.74 Å². The van der Waals surface area contributed by atoms with E-state index in [-0.39, 0.29) is 5.92 Å². The van der Waals surface area contributed by atoms with Crippen molar-refractivity contribution in [3.63, 3.8) is 0 Å². The zero-order chi connectivity index (χ0) is 17.7. The fraction of sp³-hybridized carbons (Fsp3) is 0.545. The van der Waals surface area contributed by atoms with Gasteiger partial charge in [0.2, 0.25) is 6.43 Å². The van der Waals surface area contributed by atoms with Crippen LogP contribution in [-0.4, -0.2) is 18.6 Å². The number of benzene rings is 1. The Labute approximate surface area is 149 Å². The largest absolute Gasteiger partial charge is 0.367 e. The molecule has 2 aliphatic rings. The third kappa shape index (κ3) is 4.20. The Bertz CT molecular complexity index is 571. The lowest BCUT2D eigenvalue weighted by molar-refractivity contribution is -0.0434. The first-order valence-electron chi connectivity index (χ1n) is 9.50. The second kappa shape index (κ2) is 8.27. The first kappa shape index (κ1) is 18.3. The van der Waals surface area contributed by atoms with Crippen LogP contribution in [0.15, 0.2) is 54.6 Å². The van der Waals surface area contributed by atoms with E-state index >= 15 is 0 Å². The van der Waals surface area contributed by atoms with E-state index < -0.39 is 17.9 Å². The van der Waals surface area contributed by atoms with Crippen molar-refractivity contribution in [3.8, 4) is 0 Å². The highest BCUT2D eigenvalue weighted by atomic mass is 19.3. The molecule has 136 valence electrons. The van der Waals surface area contributed by atoms with Crippen molar-refractivity contribution in [3.05, 3.63) is 60.2 Å². The van der Waals surface area contributed by atoms with Crippen molar-refractivity contribution >= 4 is 0 Å². The predicted octanol–water partition coefficient (Wildman–Crippen LogP) is 6.13. The average Bonchev–Trinajstić information content (AvgIpc) is 2.67. The first-order valence-corrected chi connectivity index (χ1v) is 9.50. The maximum atomic E-state index is 13.0. The highest BCUT2D eigenvalue weighted by Gasteiger charge is 2.40. The quantitative estimate of drug-likeness (QED) is 0.563. The van der Waals surface area contributed by atoms with Gasteiger partial charge >= 0.3 is 0 Å². The molecular formula is C22H28F2O. The molecule has 0 saturated heterocycles. The molecular weight excluding hydrogens is 318 g/mol. The van der Waals surface area contributed by atoms with Gasteiger partial charge < -0.3 is 4.74 Å². The lowest BCUT2D eigenvalue weighted by atomic mass is 9.71. The molecule has 0 spiro atoms. The molecule has 0 aromatic heterocycles. The Hall–Kier alpha value is -1.48. The summed E-state index contributed by atoms with van der Waals surface area (Å²) in [7, 11) is 0. The average molecular weight is 346 g/mol. The maximum Gasteiger partial charge on any atom is 0.241 e. The molecule has 2 aliphatic carbocycles. The third-order valence-electron chi connectivity index (χ3n) is 5.64. The lowest BCUT2D eigenvalue weighted by Gasteiger charge is -2.42. The Morgan fingerprint density at radius 1 is 1.04 bits per heavy atom. The van der Waals surface area contributed by atoms with Gasteiger partial charge in [0.15, 0.2) is 0 Å². The third-order valence-corrected chi connectivity index (χ3v) is 5.64. The zero-order valence-corrected chi connectivity index (χ0v) is 14.9. The maximum absolute atomic E-state index is 13.0. The van der Waals surface area contributed by atoms with Gasteiger partial charge in [0.1, 0.15) is 5.60 Å². The fourth-order valence-corrected chi connectivity index (χ4v) is 4.11. The van der Waals surface area contributed by atoms with Crippen molar-refractivity contribution in [2.75, 3.05) is 6.61 Å². The van der Waals surface area contributed by atoms with E-state index in [0.717, 1.165) is 19.3 Å². The van der Waals surface area contributed by atoms with E-state index in [1.165, 1.54) is 5.56 Å². The minimum atomic E-state index is -2.19. The molecule has 1 aromatic carbocycles. The number of allylic oxidation sites excluding steroid dienone is 2. The fourth-order valence-electron chi connectivity index (χ4n) is 4.11. The monoisotopic (exact) mass is 346 g/mol. The molecule has 1 fully saturated rings. The molecule has 3 heteroatoms. The van der Waals surface area contributed by atoms with E-state index in [9.17, 15) is 8.78 Å². The van der Waals surface area contributed by atoms with Crippen LogP contribution in [0.3, 0.4) is 0 Å². The number of alkyl halides is 2. The van der Waals surface area contributed by atoms with Crippen LogP contribution in [0.1, 0.15) is 50.5 Å². The van der Waals surface area contributed by atoms with Crippen molar-refractivity contribution in [2.45, 2.75) is 57.0 Å². The summed E-state index contributed by atoms with van der Waals surface area (Å²) in [5.74, 6) is 0.114. The molecule has 1 aromatic rings. The minimum Gasteiger partial charge on any atom is -0.367 e. The summed E-state index contributed by atoms with van der Waals surface area (Å²) in [5.41, 5.74) is 0.842. The minimum absolute atomic E-state index is 0.261. The molecule has 0 aliphatic heterocycles. The normalized spacial score (nSPS) is 32.2. The summed E-state index contributed by atoms with van der Waals surface area (Å²) in [6.07, 6.45) is 10.4. The highest BCUT2D eigenvalue weighted by Crippen LogP contribution is 2.43. The van der Waals surface area contributed by atoms with Crippen LogP contribution >= 0.6 is 0 Å².